The molecule has 1 aromatic carbocycles. The van der Waals surface area contributed by atoms with E-state index in [1.165, 1.54) is 0 Å². The molecule has 132 valence electrons. The maximum absolute atomic E-state index is 12.3. The van der Waals surface area contributed by atoms with E-state index >= 15 is 0 Å². The summed E-state index contributed by atoms with van der Waals surface area (Å²) in [5.74, 6) is 0.207. The van der Waals surface area contributed by atoms with Crippen LogP contribution in [0.3, 0.4) is 0 Å². The van der Waals surface area contributed by atoms with Crippen molar-refractivity contribution in [3.8, 4) is 0 Å². The molecule has 5 heteroatoms. The largest absolute Gasteiger partial charge is 0.396 e. The van der Waals surface area contributed by atoms with Crippen LogP contribution in [0.15, 0.2) is 24.3 Å². The molecular formula is C19H28N2O3. The van der Waals surface area contributed by atoms with Crippen molar-refractivity contribution in [2.24, 2.45) is 11.3 Å². The van der Waals surface area contributed by atoms with E-state index in [-0.39, 0.29) is 29.9 Å². The third-order valence-corrected chi connectivity index (χ3v) is 4.14. The first kappa shape index (κ1) is 18.5. The second-order valence-corrected chi connectivity index (χ2v) is 7.75. The first-order valence-corrected chi connectivity index (χ1v) is 8.60. The molecule has 0 bridgehead atoms. The summed E-state index contributed by atoms with van der Waals surface area (Å²) in [5.41, 5.74) is 1.11. The standard InChI is InChI=1S/C19H28N2O3/c1-19(2,3)12-20-17(23)14-6-8-15(9-7-14)18(24)21-16(10-11-22)13-4-5-13/h6-9,13,16,22H,4-5,10-12H2,1-3H3,(H,20,23)(H,21,24). The van der Waals surface area contributed by atoms with Crippen LogP contribution in [0.1, 0.15) is 60.7 Å². The summed E-state index contributed by atoms with van der Waals surface area (Å²) in [6, 6.07) is 6.72. The SMILES string of the molecule is CC(C)(C)CNC(=O)c1ccc(C(=O)NC(CCO)C2CC2)cc1. The molecular weight excluding hydrogens is 304 g/mol. The van der Waals surface area contributed by atoms with E-state index in [4.69, 9.17) is 5.11 Å². The van der Waals surface area contributed by atoms with E-state index in [9.17, 15) is 9.59 Å². The Morgan fingerprint density at radius 1 is 1.12 bits per heavy atom. The zero-order chi connectivity index (χ0) is 17.7. The normalized spacial score (nSPS) is 15.7. The van der Waals surface area contributed by atoms with Crippen LogP contribution >= 0.6 is 0 Å². The van der Waals surface area contributed by atoms with E-state index in [1.807, 2.05) is 0 Å². The molecule has 1 aliphatic carbocycles. The van der Waals surface area contributed by atoms with Gasteiger partial charge < -0.3 is 15.7 Å². The predicted molar refractivity (Wildman–Crippen MR) is 93.9 cm³/mol. The van der Waals surface area contributed by atoms with Crippen molar-refractivity contribution in [1.82, 2.24) is 10.6 Å². The van der Waals surface area contributed by atoms with Gasteiger partial charge in [0, 0.05) is 30.3 Å². The van der Waals surface area contributed by atoms with Crippen molar-refractivity contribution in [2.45, 2.75) is 46.1 Å². The molecule has 0 spiro atoms. The fourth-order valence-corrected chi connectivity index (χ4v) is 2.54. The van der Waals surface area contributed by atoms with Gasteiger partial charge in [0.1, 0.15) is 0 Å². The van der Waals surface area contributed by atoms with Crippen LogP contribution < -0.4 is 10.6 Å². The molecule has 1 aliphatic rings. The maximum Gasteiger partial charge on any atom is 0.251 e. The molecule has 0 heterocycles. The smallest absolute Gasteiger partial charge is 0.251 e. The molecule has 1 aromatic rings. The molecule has 2 amide bonds. The van der Waals surface area contributed by atoms with E-state index in [0.29, 0.717) is 30.0 Å². The van der Waals surface area contributed by atoms with Crippen molar-refractivity contribution >= 4 is 11.8 Å². The summed E-state index contributed by atoms with van der Waals surface area (Å²) in [6.45, 7) is 6.85. The van der Waals surface area contributed by atoms with Crippen molar-refractivity contribution in [3.05, 3.63) is 35.4 Å². The van der Waals surface area contributed by atoms with Crippen molar-refractivity contribution in [2.75, 3.05) is 13.2 Å². The van der Waals surface area contributed by atoms with Crippen LogP contribution in [-0.2, 0) is 0 Å². The fourth-order valence-electron chi connectivity index (χ4n) is 2.54. The van der Waals surface area contributed by atoms with Crippen LogP contribution in [0, 0.1) is 11.3 Å². The van der Waals surface area contributed by atoms with E-state index < -0.39 is 0 Å². The number of carbonyl (C=O) groups excluding carboxylic acids is 2. The van der Waals surface area contributed by atoms with Crippen LogP contribution in [0.5, 0.6) is 0 Å². The van der Waals surface area contributed by atoms with Gasteiger partial charge in [-0.2, -0.15) is 0 Å². The summed E-state index contributed by atoms with van der Waals surface area (Å²) < 4.78 is 0. The average Bonchev–Trinajstić information content (AvgIpc) is 3.36. The molecule has 1 atom stereocenters. The number of rotatable bonds is 7. The Hall–Kier alpha value is -1.88. The number of benzene rings is 1. The Morgan fingerprint density at radius 2 is 1.67 bits per heavy atom. The van der Waals surface area contributed by atoms with Gasteiger partial charge in [0.05, 0.1) is 0 Å². The van der Waals surface area contributed by atoms with Gasteiger partial charge in [0.15, 0.2) is 0 Å². The zero-order valence-corrected chi connectivity index (χ0v) is 14.8. The topological polar surface area (TPSA) is 78.4 Å². The van der Waals surface area contributed by atoms with E-state index in [2.05, 4.69) is 31.4 Å². The zero-order valence-electron chi connectivity index (χ0n) is 14.8. The number of hydrogen-bond acceptors (Lipinski definition) is 3. The Kier molecular flexibility index (Phi) is 5.99. The van der Waals surface area contributed by atoms with Crippen LogP contribution in [-0.4, -0.2) is 36.1 Å². The number of carbonyl (C=O) groups is 2. The van der Waals surface area contributed by atoms with Gasteiger partial charge in [-0.3, -0.25) is 9.59 Å². The van der Waals surface area contributed by atoms with Crippen LogP contribution in [0.4, 0.5) is 0 Å². The quantitative estimate of drug-likeness (QED) is 0.717. The Labute approximate surface area is 143 Å². The number of amides is 2. The number of aliphatic hydroxyl groups excluding tert-OH is 1. The maximum atomic E-state index is 12.3. The molecule has 2 rings (SSSR count). The minimum atomic E-state index is -0.151. The molecule has 0 radical (unpaired) electrons. The second kappa shape index (κ2) is 7.79. The molecule has 24 heavy (non-hydrogen) atoms. The van der Waals surface area contributed by atoms with Gasteiger partial charge in [-0.05, 0) is 54.9 Å². The molecule has 5 nitrogen and oxygen atoms in total. The van der Waals surface area contributed by atoms with Crippen LogP contribution in [0.2, 0.25) is 0 Å². The Bertz CT molecular complexity index is 571. The average molecular weight is 332 g/mol. The first-order chi connectivity index (χ1) is 11.3. The summed E-state index contributed by atoms with van der Waals surface area (Å²) in [6.07, 6.45) is 2.80. The minimum Gasteiger partial charge on any atom is -0.396 e. The lowest BCUT2D eigenvalue weighted by molar-refractivity contribution is 0.0917. The van der Waals surface area contributed by atoms with E-state index in [0.717, 1.165) is 12.8 Å². The second-order valence-electron chi connectivity index (χ2n) is 7.75. The molecule has 1 fully saturated rings. The summed E-state index contributed by atoms with van der Waals surface area (Å²) in [4.78, 5) is 24.4. The van der Waals surface area contributed by atoms with Gasteiger partial charge in [0.25, 0.3) is 11.8 Å². The molecule has 3 N–H and O–H groups in total. The van der Waals surface area contributed by atoms with Gasteiger partial charge in [-0.15, -0.1) is 0 Å². The monoisotopic (exact) mass is 332 g/mol. The highest BCUT2D eigenvalue weighted by atomic mass is 16.3. The molecule has 1 saturated carbocycles. The minimum absolute atomic E-state index is 0.0278. The summed E-state index contributed by atoms with van der Waals surface area (Å²) >= 11 is 0. The van der Waals surface area contributed by atoms with Crippen LogP contribution in [0.25, 0.3) is 0 Å². The molecule has 1 unspecified atom stereocenters. The van der Waals surface area contributed by atoms with Crippen molar-refractivity contribution in [1.29, 1.82) is 0 Å². The number of nitrogens with one attached hydrogen (secondary N) is 2. The summed E-state index contributed by atoms with van der Waals surface area (Å²) in [5, 5.41) is 15.0. The first-order valence-electron chi connectivity index (χ1n) is 8.60. The third-order valence-electron chi connectivity index (χ3n) is 4.14. The van der Waals surface area contributed by atoms with Crippen molar-refractivity contribution < 1.29 is 14.7 Å². The number of aliphatic hydroxyl groups is 1. The highest BCUT2D eigenvalue weighted by Gasteiger charge is 2.31. The van der Waals surface area contributed by atoms with Gasteiger partial charge in [-0.25, -0.2) is 0 Å². The molecule has 0 saturated heterocycles. The lowest BCUT2D eigenvalue weighted by atomic mass is 9.97. The highest BCUT2D eigenvalue weighted by molar-refractivity contribution is 5.97. The molecule has 0 aliphatic heterocycles. The fraction of sp³-hybridized carbons (Fsp3) is 0.579. The van der Waals surface area contributed by atoms with E-state index in [1.54, 1.807) is 24.3 Å². The Balaban J connectivity index is 1.93. The lowest BCUT2D eigenvalue weighted by Gasteiger charge is -2.19. The molecule has 0 aromatic heterocycles. The van der Waals surface area contributed by atoms with Crippen molar-refractivity contribution in [3.63, 3.8) is 0 Å². The predicted octanol–water partition coefficient (Wildman–Crippen LogP) is 2.35. The number of hydrogen-bond donors (Lipinski definition) is 3. The lowest BCUT2D eigenvalue weighted by Crippen LogP contribution is -2.37. The summed E-state index contributed by atoms with van der Waals surface area (Å²) in [7, 11) is 0. The highest BCUT2D eigenvalue weighted by Crippen LogP contribution is 2.34. The van der Waals surface area contributed by atoms with Gasteiger partial charge in [-0.1, -0.05) is 20.8 Å². The third kappa shape index (κ3) is 5.64. The van der Waals surface area contributed by atoms with Gasteiger partial charge in [0.2, 0.25) is 0 Å². The Morgan fingerprint density at radius 3 is 2.12 bits per heavy atom. The van der Waals surface area contributed by atoms with Gasteiger partial charge >= 0.3 is 0 Å².